The molecule has 0 saturated carbocycles. The maximum Gasteiger partial charge on any atom is 0.450 e. The Bertz CT molecular complexity index is 1040. The maximum atomic E-state index is 13.5. The topological polar surface area (TPSA) is 68.9 Å². The normalized spacial score (nSPS) is 11.6. The van der Waals surface area contributed by atoms with Gasteiger partial charge in [0.05, 0.1) is 25.2 Å². The fraction of sp³-hybridized carbons (Fsp3) is 0.167. The third-order valence-electron chi connectivity index (χ3n) is 3.81. The Hall–Kier alpha value is -3.16. The quantitative estimate of drug-likeness (QED) is 0.752. The molecule has 0 radical (unpaired) electrons. The van der Waals surface area contributed by atoms with E-state index in [0.29, 0.717) is 5.75 Å². The van der Waals surface area contributed by atoms with Gasteiger partial charge < -0.3 is 19.0 Å². The molecular weight excluding hydrogens is 353 g/mol. The van der Waals surface area contributed by atoms with Crippen LogP contribution in [0.15, 0.2) is 45.6 Å². The van der Waals surface area contributed by atoms with Crippen LogP contribution in [0.3, 0.4) is 0 Å². The van der Waals surface area contributed by atoms with Gasteiger partial charge in [-0.05, 0) is 29.8 Å². The second-order valence-electron chi connectivity index (χ2n) is 5.38. The summed E-state index contributed by atoms with van der Waals surface area (Å²) in [5, 5.41) is 9.37. The number of benzene rings is 2. The number of phenols is 1. The molecule has 0 amide bonds. The first-order chi connectivity index (χ1) is 12.3. The van der Waals surface area contributed by atoms with Crippen LogP contribution in [0, 0.1) is 0 Å². The van der Waals surface area contributed by atoms with E-state index in [1.165, 1.54) is 44.6 Å². The van der Waals surface area contributed by atoms with E-state index in [9.17, 15) is 23.1 Å². The molecule has 0 aliphatic carbocycles. The number of rotatable bonds is 3. The summed E-state index contributed by atoms with van der Waals surface area (Å²) in [5.74, 6) is -1.29. The van der Waals surface area contributed by atoms with Crippen molar-refractivity contribution in [1.29, 1.82) is 0 Å². The minimum absolute atomic E-state index is 0.0290. The number of ether oxygens (including phenoxy) is 2. The molecule has 26 heavy (non-hydrogen) atoms. The average Bonchev–Trinajstić information content (AvgIpc) is 2.60. The fourth-order valence-electron chi connectivity index (χ4n) is 2.64. The van der Waals surface area contributed by atoms with Crippen molar-refractivity contribution in [2.24, 2.45) is 0 Å². The van der Waals surface area contributed by atoms with E-state index in [4.69, 9.17) is 13.9 Å². The van der Waals surface area contributed by atoms with Crippen molar-refractivity contribution in [3.05, 3.63) is 52.4 Å². The zero-order valence-electron chi connectivity index (χ0n) is 13.7. The second-order valence-corrected chi connectivity index (χ2v) is 5.38. The van der Waals surface area contributed by atoms with E-state index in [1.54, 1.807) is 0 Å². The van der Waals surface area contributed by atoms with Gasteiger partial charge >= 0.3 is 6.18 Å². The molecule has 0 aliphatic heterocycles. The number of aromatic hydroxyl groups is 1. The largest absolute Gasteiger partial charge is 0.508 e. The third-order valence-corrected chi connectivity index (χ3v) is 3.81. The zero-order chi connectivity index (χ0) is 19.1. The molecule has 0 spiro atoms. The van der Waals surface area contributed by atoms with Crippen molar-refractivity contribution in [1.82, 2.24) is 0 Å². The van der Waals surface area contributed by atoms with E-state index in [1.807, 2.05) is 0 Å². The number of halogens is 3. The van der Waals surface area contributed by atoms with E-state index in [2.05, 4.69) is 0 Å². The minimum Gasteiger partial charge on any atom is -0.508 e. The number of methoxy groups -OCH3 is 2. The Morgan fingerprint density at radius 3 is 2.31 bits per heavy atom. The lowest BCUT2D eigenvalue weighted by Crippen LogP contribution is -2.16. The number of fused-ring (bicyclic) bond motifs is 1. The van der Waals surface area contributed by atoms with Crippen molar-refractivity contribution in [2.75, 3.05) is 14.2 Å². The highest BCUT2D eigenvalue weighted by Gasteiger charge is 2.39. The molecule has 136 valence electrons. The van der Waals surface area contributed by atoms with Gasteiger partial charge in [-0.2, -0.15) is 13.2 Å². The number of hydrogen-bond donors (Lipinski definition) is 1. The van der Waals surface area contributed by atoms with Gasteiger partial charge in [0.15, 0.2) is 11.5 Å². The molecule has 0 aliphatic rings. The summed E-state index contributed by atoms with van der Waals surface area (Å²) in [6, 6.07) is 7.35. The van der Waals surface area contributed by atoms with Crippen molar-refractivity contribution in [3.63, 3.8) is 0 Å². The van der Waals surface area contributed by atoms with Gasteiger partial charge in [0.25, 0.3) is 0 Å². The molecular formula is C18H13F3O5. The van der Waals surface area contributed by atoms with E-state index in [-0.39, 0.29) is 28.0 Å². The minimum atomic E-state index is -4.92. The summed E-state index contributed by atoms with van der Waals surface area (Å²) in [4.78, 5) is 12.7. The summed E-state index contributed by atoms with van der Waals surface area (Å²) in [6.45, 7) is 0. The predicted molar refractivity (Wildman–Crippen MR) is 87.7 cm³/mol. The molecule has 1 aromatic heterocycles. The first-order valence-electron chi connectivity index (χ1n) is 7.35. The SMILES string of the molecule is COc1ccc(-c2c(C(F)(F)F)oc3cc(O)ccc3c2=O)cc1OC. The van der Waals surface area contributed by atoms with Crippen molar-refractivity contribution < 1.29 is 32.2 Å². The Labute approximate surface area is 145 Å². The fourth-order valence-corrected chi connectivity index (χ4v) is 2.64. The Morgan fingerprint density at radius 2 is 1.69 bits per heavy atom. The smallest absolute Gasteiger partial charge is 0.450 e. The van der Waals surface area contributed by atoms with Crippen molar-refractivity contribution >= 4 is 11.0 Å². The summed E-state index contributed by atoms with van der Waals surface area (Å²) in [6.07, 6.45) is -4.92. The first-order valence-corrected chi connectivity index (χ1v) is 7.35. The van der Waals surface area contributed by atoms with Crippen LogP contribution in [0.1, 0.15) is 5.76 Å². The highest BCUT2D eigenvalue weighted by atomic mass is 19.4. The van der Waals surface area contributed by atoms with Crippen LogP contribution < -0.4 is 14.9 Å². The molecule has 3 aromatic rings. The number of hydrogen-bond acceptors (Lipinski definition) is 5. The van der Waals surface area contributed by atoms with Gasteiger partial charge in [0, 0.05) is 6.07 Å². The predicted octanol–water partition coefficient (Wildman–Crippen LogP) is 4.20. The molecule has 0 saturated heterocycles. The van der Waals surface area contributed by atoms with Gasteiger partial charge in [-0.25, -0.2) is 0 Å². The summed E-state index contributed by atoms with van der Waals surface area (Å²) in [7, 11) is 2.72. The van der Waals surface area contributed by atoms with E-state index < -0.39 is 22.9 Å². The lowest BCUT2D eigenvalue weighted by Gasteiger charge is -2.14. The summed E-state index contributed by atoms with van der Waals surface area (Å²) >= 11 is 0. The Kier molecular flexibility index (Phi) is 4.27. The van der Waals surface area contributed by atoms with Crippen LogP contribution in [0.4, 0.5) is 13.2 Å². The van der Waals surface area contributed by atoms with Crippen LogP contribution in [0.25, 0.3) is 22.1 Å². The molecule has 1 heterocycles. The van der Waals surface area contributed by atoms with Gasteiger partial charge in [-0.3, -0.25) is 4.79 Å². The van der Waals surface area contributed by atoms with Crippen LogP contribution in [-0.4, -0.2) is 19.3 Å². The highest BCUT2D eigenvalue weighted by Crippen LogP contribution is 2.40. The van der Waals surface area contributed by atoms with Crippen molar-refractivity contribution in [3.8, 4) is 28.4 Å². The molecule has 8 heteroatoms. The van der Waals surface area contributed by atoms with Crippen LogP contribution >= 0.6 is 0 Å². The molecule has 0 bridgehead atoms. The lowest BCUT2D eigenvalue weighted by molar-refractivity contribution is -0.152. The molecule has 2 aromatic carbocycles. The van der Waals surface area contributed by atoms with Crippen molar-refractivity contribution in [2.45, 2.75) is 6.18 Å². The molecule has 0 atom stereocenters. The Balaban J connectivity index is 2.39. The van der Waals surface area contributed by atoms with Crippen LogP contribution in [0.5, 0.6) is 17.2 Å². The Morgan fingerprint density at radius 1 is 1.00 bits per heavy atom. The van der Waals surface area contributed by atoms with E-state index in [0.717, 1.165) is 6.07 Å². The van der Waals surface area contributed by atoms with Crippen LogP contribution in [0.2, 0.25) is 0 Å². The molecule has 5 nitrogen and oxygen atoms in total. The summed E-state index contributed by atoms with van der Waals surface area (Å²) in [5.41, 5.74) is -1.90. The molecule has 1 N–H and O–H groups in total. The molecule has 0 fully saturated rings. The van der Waals surface area contributed by atoms with Gasteiger partial charge in [0.1, 0.15) is 11.3 Å². The van der Waals surface area contributed by atoms with Crippen LogP contribution in [-0.2, 0) is 6.18 Å². The second kappa shape index (κ2) is 6.29. The van der Waals surface area contributed by atoms with E-state index >= 15 is 0 Å². The number of phenolic OH excluding ortho intramolecular Hbond substituents is 1. The highest BCUT2D eigenvalue weighted by molar-refractivity contribution is 5.84. The molecule has 0 unspecified atom stereocenters. The third kappa shape index (κ3) is 2.94. The summed E-state index contributed by atoms with van der Waals surface area (Å²) < 4.78 is 55.7. The first kappa shape index (κ1) is 17.7. The zero-order valence-corrected chi connectivity index (χ0v) is 13.7. The van der Waals surface area contributed by atoms with Gasteiger partial charge in [-0.1, -0.05) is 6.07 Å². The van der Waals surface area contributed by atoms with Gasteiger partial charge in [-0.15, -0.1) is 0 Å². The molecule has 3 rings (SSSR count). The standard InChI is InChI=1S/C18H13F3O5/c1-24-12-6-3-9(7-14(12)25-2)15-16(23)11-5-4-10(22)8-13(11)26-17(15)18(19,20)21/h3-8,22H,1-2H3. The average molecular weight is 366 g/mol. The maximum absolute atomic E-state index is 13.5. The monoisotopic (exact) mass is 366 g/mol. The number of alkyl halides is 3. The lowest BCUT2D eigenvalue weighted by atomic mass is 10.0. The van der Waals surface area contributed by atoms with Gasteiger partial charge in [0.2, 0.25) is 11.2 Å².